The van der Waals surface area contributed by atoms with Gasteiger partial charge in [-0.1, -0.05) is 54.6 Å². The van der Waals surface area contributed by atoms with Crippen LogP contribution in [0.3, 0.4) is 0 Å². The van der Waals surface area contributed by atoms with Gasteiger partial charge in [-0.3, -0.25) is 9.89 Å². The molecule has 30 heavy (non-hydrogen) atoms. The average Bonchev–Trinajstić information content (AvgIpc) is 3.30. The number of nitrogens with one attached hydrogen (secondary N) is 2. The van der Waals surface area contributed by atoms with Gasteiger partial charge in [-0.15, -0.1) is 0 Å². The van der Waals surface area contributed by atoms with Crippen molar-refractivity contribution >= 4 is 5.91 Å². The number of amides is 1. The molecule has 3 aromatic carbocycles. The van der Waals surface area contributed by atoms with Gasteiger partial charge in [-0.25, -0.2) is 0 Å². The molecule has 2 N–H and O–H groups in total. The average molecular weight is 397 g/mol. The summed E-state index contributed by atoms with van der Waals surface area (Å²) in [7, 11) is 1.63. The second-order valence-corrected chi connectivity index (χ2v) is 7.08. The minimum atomic E-state index is -0.131. The maximum absolute atomic E-state index is 12.7. The number of H-pyrrole nitrogens is 1. The minimum absolute atomic E-state index is 0.119. The van der Waals surface area contributed by atoms with Gasteiger partial charge >= 0.3 is 0 Å². The molecule has 0 radical (unpaired) electrons. The summed E-state index contributed by atoms with van der Waals surface area (Å²) in [6, 6.07) is 27.1. The van der Waals surface area contributed by atoms with Gasteiger partial charge in [0.2, 0.25) is 0 Å². The first kappa shape index (κ1) is 19.5. The Labute approximate surface area is 175 Å². The van der Waals surface area contributed by atoms with Crippen molar-refractivity contribution in [2.24, 2.45) is 0 Å². The molecule has 0 bridgehead atoms. The van der Waals surface area contributed by atoms with Gasteiger partial charge in [0, 0.05) is 11.1 Å². The van der Waals surface area contributed by atoms with Gasteiger partial charge in [0.25, 0.3) is 5.91 Å². The molecule has 5 nitrogen and oxygen atoms in total. The molecule has 0 aliphatic carbocycles. The van der Waals surface area contributed by atoms with E-state index in [4.69, 9.17) is 4.74 Å². The van der Waals surface area contributed by atoms with E-state index in [2.05, 4.69) is 15.5 Å². The Hall–Kier alpha value is -3.86. The van der Waals surface area contributed by atoms with Crippen LogP contribution in [0.4, 0.5) is 0 Å². The molecule has 0 saturated carbocycles. The topological polar surface area (TPSA) is 67.0 Å². The highest BCUT2D eigenvalue weighted by Crippen LogP contribution is 2.24. The summed E-state index contributed by atoms with van der Waals surface area (Å²) in [6.45, 7) is 1.96. The number of methoxy groups -OCH3 is 1. The van der Waals surface area contributed by atoms with Crippen molar-refractivity contribution in [2.75, 3.05) is 7.11 Å². The number of aromatic amines is 1. The number of hydrogen-bond acceptors (Lipinski definition) is 3. The largest absolute Gasteiger partial charge is 0.497 e. The van der Waals surface area contributed by atoms with Crippen LogP contribution < -0.4 is 10.1 Å². The third-order valence-electron chi connectivity index (χ3n) is 5.05. The van der Waals surface area contributed by atoms with Crippen LogP contribution in [0.5, 0.6) is 5.75 Å². The molecule has 1 amide bonds. The van der Waals surface area contributed by atoms with Crippen LogP contribution in [0.1, 0.15) is 28.9 Å². The molecule has 0 spiro atoms. The van der Waals surface area contributed by atoms with E-state index < -0.39 is 0 Å². The number of benzene rings is 3. The van der Waals surface area contributed by atoms with Crippen molar-refractivity contribution in [3.05, 3.63) is 96.1 Å². The van der Waals surface area contributed by atoms with Crippen molar-refractivity contribution in [1.82, 2.24) is 15.5 Å². The number of nitrogens with zero attached hydrogens (tertiary/aromatic N) is 1. The van der Waals surface area contributed by atoms with Crippen LogP contribution in [0.15, 0.2) is 84.9 Å². The van der Waals surface area contributed by atoms with Gasteiger partial charge < -0.3 is 10.1 Å². The SMILES string of the molecule is COc1cccc([C@@H](C)NC(=O)c2ccc(-c3cc(-c4ccccc4)n[nH]3)cc2)c1. The molecule has 0 saturated heterocycles. The second-order valence-electron chi connectivity index (χ2n) is 7.08. The fraction of sp³-hybridized carbons (Fsp3) is 0.120. The van der Waals surface area contributed by atoms with Crippen molar-refractivity contribution in [3.8, 4) is 28.3 Å². The predicted octanol–water partition coefficient (Wildman–Crippen LogP) is 5.24. The van der Waals surface area contributed by atoms with Crippen LogP contribution in [-0.2, 0) is 0 Å². The highest BCUT2D eigenvalue weighted by Gasteiger charge is 2.13. The molecule has 4 rings (SSSR count). The standard InChI is InChI=1S/C25H23N3O2/c1-17(21-9-6-10-22(15-21)30-2)26-25(29)20-13-11-19(12-14-20)24-16-23(27-28-24)18-7-4-3-5-8-18/h3-17H,1-2H3,(H,26,29)(H,27,28)/t17-/m1/s1. The number of rotatable bonds is 6. The number of hydrogen-bond donors (Lipinski definition) is 2. The lowest BCUT2D eigenvalue weighted by Gasteiger charge is -2.15. The van der Waals surface area contributed by atoms with E-state index >= 15 is 0 Å². The van der Waals surface area contributed by atoms with Crippen molar-refractivity contribution in [1.29, 1.82) is 0 Å². The van der Waals surface area contributed by atoms with E-state index in [1.807, 2.05) is 91.9 Å². The maximum Gasteiger partial charge on any atom is 0.251 e. The molecule has 0 unspecified atom stereocenters. The van der Waals surface area contributed by atoms with Crippen LogP contribution in [0.25, 0.3) is 22.5 Å². The Morgan fingerprint density at radius 1 is 0.933 bits per heavy atom. The third-order valence-corrected chi connectivity index (χ3v) is 5.05. The maximum atomic E-state index is 12.7. The molecule has 1 atom stereocenters. The molecule has 1 aromatic heterocycles. The highest BCUT2D eigenvalue weighted by atomic mass is 16.5. The summed E-state index contributed by atoms with van der Waals surface area (Å²) in [5.41, 5.74) is 5.43. The number of carbonyl (C=O) groups excluding carboxylic acids is 1. The molecule has 4 aromatic rings. The number of ether oxygens (including phenoxy) is 1. The van der Waals surface area contributed by atoms with Crippen LogP contribution >= 0.6 is 0 Å². The van der Waals surface area contributed by atoms with Crippen molar-refractivity contribution in [2.45, 2.75) is 13.0 Å². The smallest absolute Gasteiger partial charge is 0.251 e. The fourth-order valence-corrected chi connectivity index (χ4v) is 3.30. The van der Waals surface area contributed by atoms with Crippen LogP contribution in [0.2, 0.25) is 0 Å². The molecule has 5 heteroatoms. The summed E-state index contributed by atoms with van der Waals surface area (Å²) < 4.78 is 5.26. The van der Waals surface area contributed by atoms with Crippen LogP contribution in [-0.4, -0.2) is 23.2 Å². The number of aromatic nitrogens is 2. The summed E-state index contributed by atoms with van der Waals surface area (Å²) in [5.74, 6) is 0.652. The summed E-state index contributed by atoms with van der Waals surface area (Å²) >= 11 is 0. The molecular formula is C25H23N3O2. The van der Waals surface area contributed by atoms with E-state index in [0.717, 1.165) is 33.8 Å². The zero-order valence-electron chi connectivity index (χ0n) is 16.9. The summed E-state index contributed by atoms with van der Waals surface area (Å²) in [5, 5.41) is 10.5. The molecule has 150 valence electrons. The van der Waals surface area contributed by atoms with E-state index in [9.17, 15) is 4.79 Å². The van der Waals surface area contributed by atoms with Crippen molar-refractivity contribution < 1.29 is 9.53 Å². The van der Waals surface area contributed by atoms with E-state index in [1.54, 1.807) is 7.11 Å². The van der Waals surface area contributed by atoms with Crippen LogP contribution in [0, 0.1) is 0 Å². The Bertz CT molecular complexity index is 1130. The lowest BCUT2D eigenvalue weighted by Crippen LogP contribution is -2.26. The molecule has 0 aliphatic heterocycles. The van der Waals surface area contributed by atoms with Gasteiger partial charge in [-0.05, 0) is 48.4 Å². The summed E-state index contributed by atoms with van der Waals surface area (Å²) in [6.07, 6.45) is 0. The Morgan fingerprint density at radius 2 is 1.70 bits per heavy atom. The zero-order chi connectivity index (χ0) is 20.9. The first-order valence-electron chi connectivity index (χ1n) is 9.80. The molecule has 0 fully saturated rings. The molecule has 0 aliphatic rings. The minimum Gasteiger partial charge on any atom is -0.497 e. The monoisotopic (exact) mass is 397 g/mol. The highest BCUT2D eigenvalue weighted by molar-refractivity contribution is 5.94. The Balaban J connectivity index is 1.45. The van der Waals surface area contributed by atoms with E-state index in [0.29, 0.717) is 5.56 Å². The first-order chi connectivity index (χ1) is 14.6. The molecule has 1 heterocycles. The third kappa shape index (κ3) is 4.25. The lowest BCUT2D eigenvalue weighted by atomic mass is 10.1. The Kier molecular flexibility index (Phi) is 5.61. The van der Waals surface area contributed by atoms with Crippen molar-refractivity contribution in [3.63, 3.8) is 0 Å². The zero-order valence-corrected chi connectivity index (χ0v) is 16.9. The van der Waals surface area contributed by atoms with Gasteiger partial charge in [0.1, 0.15) is 5.75 Å². The van der Waals surface area contributed by atoms with Gasteiger partial charge in [-0.2, -0.15) is 5.10 Å². The van der Waals surface area contributed by atoms with Gasteiger partial charge in [0.05, 0.1) is 24.5 Å². The number of carbonyl (C=O) groups is 1. The van der Waals surface area contributed by atoms with E-state index in [-0.39, 0.29) is 11.9 Å². The normalized spacial score (nSPS) is 11.7. The van der Waals surface area contributed by atoms with Gasteiger partial charge in [0.15, 0.2) is 0 Å². The predicted molar refractivity (Wildman–Crippen MR) is 118 cm³/mol. The quantitative estimate of drug-likeness (QED) is 0.467. The molecular weight excluding hydrogens is 374 g/mol. The lowest BCUT2D eigenvalue weighted by molar-refractivity contribution is 0.0940. The van der Waals surface area contributed by atoms with E-state index in [1.165, 1.54) is 0 Å². The fourth-order valence-electron chi connectivity index (χ4n) is 3.30. The Morgan fingerprint density at radius 3 is 2.43 bits per heavy atom. The first-order valence-corrected chi connectivity index (χ1v) is 9.80. The second kappa shape index (κ2) is 8.66. The summed E-state index contributed by atoms with van der Waals surface area (Å²) in [4.78, 5) is 12.7.